The molecular formula is C33H41ClN4O2. The third-order valence-corrected chi connectivity index (χ3v) is 4.85. The number of benzene rings is 2. The Kier molecular flexibility index (Phi) is 20.6. The molecule has 2 N–H and O–H groups in total. The molecule has 2 aromatic carbocycles. The summed E-state index contributed by atoms with van der Waals surface area (Å²) in [7, 11) is 0. The summed E-state index contributed by atoms with van der Waals surface area (Å²) in [6, 6.07) is 30.0. The predicted octanol–water partition coefficient (Wildman–Crippen LogP) is 7.57. The number of pyridine rings is 2. The van der Waals surface area contributed by atoms with Gasteiger partial charge in [-0.2, -0.15) is 0 Å². The Balaban J connectivity index is 0.000000588. The van der Waals surface area contributed by atoms with Crippen LogP contribution in [0.4, 0.5) is 0 Å². The molecule has 1 atom stereocenters. The standard InChI is InChI=1S/C16H15NO.C8H10N2O.C5H4ClN.2C2H6/c1-13(18)12-17-16(14-8-4-2-5-9-14)15-10-6-3-7-11-15;1-6(11)8(9)7-4-2-3-5-10-7;6-5-3-1-2-4-7-5;2*1-2/h2-11H,12H2,1H3;2-5,8H,9H2,1H3;1-4H;2*1-2H3. The molecule has 0 bridgehead atoms. The number of Topliss-reactive ketones (excluding diaryl/α,β-unsaturated/α-hetero) is 2. The largest absolute Gasteiger partial charge is 0.317 e. The van der Waals surface area contributed by atoms with Gasteiger partial charge in [0.15, 0.2) is 11.6 Å². The van der Waals surface area contributed by atoms with Crippen LogP contribution in [0.2, 0.25) is 5.15 Å². The third-order valence-electron chi connectivity index (χ3n) is 4.63. The van der Waals surface area contributed by atoms with Gasteiger partial charge in [0.1, 0.15) is 11.2 Å². The van der Waals surface area contributed by atoms with Crippen LogP contribution in [0.5, 0.6) is 0 Å². The fourth-order valence-corrected chi connectivity index (χ4v) is 2.97. The first kappa shape index (κ1) is 36.0. The quantitative estimate of drug-likeness (QED) is 0.194. The van der Waals surface area contributed by atoms with E-state index in [0.717, 1.165) is 16.8 Å². The molecular weight excluding hydrogens is 520 g/mol. The molecule has 0 fully saturated rings. The summed E-state index contributed by atoms with van der Waals surface area (Å²) >= 11 is 5.43. The minimum Gasteiger partial charge on any atom is -0.317 e. The van der Waals surface area contributed by atoms with Crippen LogP contribution in [0, 0.1) is 0 Å². The summed E-state index contributed by atoms with van der Waals surface area (Å²) in [5.41, 5.74) is 9.08. The van der Waals surface area contributed by atoms with Gasteiger partial charge in [0.05, 0.1) is 18.0 Å². The molecule has 212 valence electrons. The minimum atomic E-state index is -0.573. The van der Waals surface area contributed by atoms with E-state index < -0.39 is 6.04 Å². The molecule has 4 rings (SSSR count). The summed E-state index contributed by atoms with van der Waals surface area (Å²) in [6.07, 6.45) is 3.28. The Morgan fingerprint density at radius 1 is 0.725 bits per heavy atom. The molecule has 2 heterocycles. The van der Waals surface area contributed by atoms with Gasteiger partial charge in [-0.3, -0.25) is 19.6 Å². The fraction of sp³-hybridized carbons (Fsp3) is 0.242. The van der Waals surface area contributed by atoms with Crippen LogP contribution < -0.4 is 5.73 Å². The van der Waals surface area contributed by atoms with E-state index in [1.807, 2.05) is 107 Å². The highest BCUT2D eigenvalue weighted by molar-refractivity contribution is 6.29. The number of hydrogen-bond acceptors (Lipinski definition) is 6. The van der Waals surface area contributed by atoms with E-state index in [0.29, 0.717) is 10.8 Å². The van der Waals surface area contributed by atoms with E-state index in [1.165, 1.54) is 6.92 Å². The Morgan fingerprint density at radius 3 is 1.50 bits per heavy atom. The van der Waals surface area contributed by atoms with Crippen molar-refractivity contribution in [2.24, 2.45) is 10.7 Å². The molecule has 7 heteroatoms. The van der Waals surface area contributed by atoms with Crippen molar-refractivity contribution in [3.05, 3.63) is 131 Å². The van der Waals surface area contributed by atoms with E-state index >= 15 is 0 Å². The molecule has 0 amide bonds. The maximum atomic E-state index is 11.1. The van der Waals surface area contributed by atoms with E-state index in [9.17, 15) is 9.59 Å². The van der Waals surface area contributed by atoms with Crippen molar-refractivity contribution in [2.75, 3.05) is 6.54 Å². The molecule has 0 saturated carbocycles. The Hall–Kier alpha value is -4.00. The molecule has 0 aliphatic rings. The molecule has 0 aliphatic heterocycles. The number of carbonyl (C=O) groups is 2. The number of hydrogen-bond donors (Lipinski definition) is 1. The molecule has 4 aromatic rings. The minimum absolute atomic E-state index is 0.0660. The Bertz CT molecular complexity index is 1180. The third kappa shape index (κ3) is 15.4. The summed E-state index contributed by atoms with van der Waals surface area (Å²) in [6.45, 7) is 11.2. The van der Waals surface area contributed by atoms with Gasteiger partial charge < -0.3 is 5.73 Å². The SMILES string of the molecule is CC.CC.CC(=O)C(N)c1ccccn1.CC(=O)CN=C(c1ccccc1)c1ccccc1.Clc1ccccn1. The lowest BCUT2D eigenvalue weighted by Crippen LogP contribution is -2.19. The first-order chi connectivity index (χ1) is 19.4. The normalized spacial score (nSPS) is 9.70. The van der Waals surface area contributed by atoms with Crippen molar-refractivity contribution in [2.45, 2.75) is 47.6 Å². The number of aromatic nitrogens is 2. The summed E-state index contributed by atoms with van der Waals surface area (Å²) in [5, 5.41) is 0.544. The second-order valence-electron chi connectivity index (χ2n) is 7.59. The van der Waals surface area contributed by atoms with E-state index in [2.05, 4.69) is 15.0 Å². The highest BCUT2D eigenvalue weighted by Crippen LogP contribution is 2.11. The van der Waals surface area contributed by atoms with Crippen LogP contribution in [0.3, 0.4) is 0 Å². The predicted molar refractivity (Wildman–Crippen MR) is 168 cm³/mol. The van der Waals surface area contributed by atoms with E-state index in [-0.39, 0.29) is 18.1 Å². The van der Waals surface area contributed by atoms with Gasteiger partial charge in [-0.25, -0.2) is 4.98 Å². The van der Waals surface area contributed by atoms with Crippen molar-refractivity contribution >= 4 is 28.9 Å². The molecule has 40 heavy (non-hydrogen) atoms. The number of nitrogens with zero attached hydrogens (tertiary/aromatic N) is 3. The highest BCUT2D eigenvalue weighted by atomic mass is 35.5. The van der Waals surface area contributed by atoms with Crippen LogP contribution in [0.25, 0.3) is 0 Å². The van der Waals surface area contributed by atoms with Gasteiger partial charge in [0, 0.05) is 23.5 Å². The number of nitrogens with two attached hydrogens (primary N) is 1. The molecule has 0 radical (unpaired) electrons. The molecule has 2 aromatic heterocycles. The number of halogens is 1. The van der Waals surface area contributed by atoms with Gasteiger partial charge >= 0.3 is 0 Å². The van der Waals surface area contributed by atoms with Crippen LogP contribution in [0.15, 0.2) is 114 Å². The van der Waals surface area contributed by atoms with Crippen molar-refractivity contribution in [1.29, 1.82) is 0 Å². The lowest BCUT2D eigenvalue weighted by molar-refractivity contribution is -0.118. The molecule has 1 unspecified atom stereocenters. The first-order valence-electron chi connectivity index (χ1n) is 13.3. The average Bonchev–Trinajstić information content (AvgIpc) is 3.01. The molecule has 0 aliphatic carbocycles. The van der Waals surface area contributed by atoms with Gasteiger partial charge in [0.25, 0.3) is 0 Å². The van der Waals surface area contributed by atoms with Crippen molar-refractivity contribution in [3.63, 3.8) is 0 Å². The molecule has 6 nitrogen and oxygen atoms in total. The van der Waals surface area contributed by atoms with Crippen molar-refractivity contribution in [3.8, 4) is 0 Å². The van der Waals surface area contributed by atoms with E-state index in [4.69, 9.17) is 17.3 Å². The van der Waals surface area contributed by atoms with Gasteiger partial charge in [-0.1, -0.05) is 112 Å². The number of carbonyl (C=O) groups excluding carboxylic acids is 2. The Labute approximate surface area is 244 Å². The second kappa shape index (κ2) is 22.9. The van der Waals surface area contributed by atoms with Gasteiger partial charge in [-0.15, -0.1) is 0 Å². The topological polar surface area (TPSA) is 98.3 Å². The van der Waals surface area contributed by atoms with Crippen LogP contribution in [0.1, 0.15) is 64.4 Å². The zero-order valence-corrected chi connectivity index (χ0v) is 25.0. The summed E-state index contributed by atoms with van der Waals surface area (Å²) < 4.78 is 0. The smallest absolute Gasteiger partial charge is 0.152 e. The molecule has 0 spiro atoms. The number of ketones is 2. The zero-order chi connectivity index (χ0) is 30.2. The van der Waals surface area contributed by atoms with Gasteiger partial charge in [-0.05, 0) is 38.1 Å². The Morgan fingerprint density at radius 2 is 1.18 bits per heavy atom. The van der Waals surface area contributed by atoms with Crippen LogP contribution >= 0.6 is 11.6 Å². The fourth-order valence-electron chi connectivity index (χ4n) is 2.84. The monoisotopic (exact) mass is 560 g/mol. The number of rotatable bonds is 6. The highest BCUT2D eigenvalue weighted by Gasteiger charge is 2.10. The summed E-state index contributed by atoms with van der Waals surface area (Å²) in [4.78, 5) is 34.0. The van der Waals surface area contributed by atoms with E-state index in [1.54, 1.807) is 37.5 Å². The lowest BCUT2D eigenvalue weighted by atomic mass is 10.0. The second-order valence-corrected chi connectivity index (χ2v) is 7.98. The van der Waals surface area contributed by atoms with Crippen LogP contribution in [-0.2, 0) is 9.59 Å². The first-order valence-corrected chi connectivity index (χ1v) is 13.6. The zero-order valence-electron chi connectivity index (χ0n) is 24.3. The van der Waals surface area contributed by atoms with Gasteiger partial charge in [0.2, 0.25) is 0 Å². The number of aliphatic imine (C=N–C) groups is 1. The maximum absolute atomic E-state index is 11.1. The average molecular weight is 561 g/mol. The maximum Gasteiger partial charge on any atom is 0.152 e. The summed E-state index contributed by atoms with van der Waals surface area (Å²) in [5.74, 6) is 0.00284. The molecule has 0 saturated heterocycles. The van der Waals surface area contributed by atoms with Crippen molar-refractivity contribution < 1.29 is 9.59 Å². The lowest BCUT2D eigenvalue weighted by Gasteiger charge is -2.06. The van der Waals surface area contributed by atoms with Crippen molar-refractivity contribution in [1.82, 2.24) is 9.97 Å². The van der Waals surface area contributed by atoms with Crippen LogP contribution in [-0.4, -0.2) is 33.8 Å².